The third-order valence-corrected chi connectivity index (χ3v) is 3.92. The Labute approximate surface area is 146 Å². The van der Waals surface area contributed by atoms with E-state index in [2.05, 4.69) is 5.32 Å². The quantitative estimate of drug-likeness (QED) is 0.797. The minimum atomic E-state index is -0.653. The van der Waals surface area contributed by atoms with Crippen molar-refractivity contribution < 1.29 is 13.2 Å². The van der Waals surface area contributed by atoms with E-state index in [0.717, 1.165) is 18.4 Å². The van der Waals surface area contributed by atoms with Crippen LogP contribution in [0.2, 0.25) is 0 Å². The molecule has 130 valence electrons. The van der Waals surface area contributed by atoms with Crippen molar-refractivity contribution >= 4 is 23.0 Å². The Morgan fingerprint density at radius 1 is 1.21 bits per heavy atom. The molecule has 0 fully saturated rings. The first-order chi connectivity index (χ1) is 11.4. The van der Waals surface area contributed by atoms with Gasteiger partial charge >= 0.3 is 0 Å². The molecular formula is C17H21F2N3OS. The van der Waals surface area contributed by atoms with Crippen LogP contribution in [0.25, 0.3) is 0 Å². The first kappa shape index (κ1) is 18.4. The van der Waals surface area contributed by atoms with Gasteiger partial charge in [0.2, 0.25) is 0 Å². The predicted octanol–water partition coefficient (Wildman–Crippen LogP) is 3.88. The fourth-order valence-corrected chi connectivity index (χ4v) is 2.65. The number of nitrogens with one attached hydrogen (secondary N) is 1. The second-order valence-corrected chi connectivity index (χ2v) is 6.16. The molecule has 1 aromatic heterocycles. The molecule has 0 aliphatic rings. The number of hydrogen-bond donors (Lipinski definition) is 1. The van der Waals surface area contributed by atoms with Crippen molar-refractivity contribution in [2.75, 3.05) is 32.5 Å². The van der Waals surface area contributed by atoms with Crippen LogP contribution in [0.15, 0.2) is 41.0 Å². The molecule has 2 aromatic rings. The number of benzene rings is 1. The highest BCUT2D eigenvalue weighted by Crippen LogP contribution is 2.22. The Morgan fingerprint density at radius 2 is 1.88 bits per heavy atom. The SMILES string of the molecule is C[C@@H](c1ccco1)N(CCN(C)C)C(=S)Nc1cc(F)cc(F)c1. The summed E-state index contributed by atoms with van der Waals surface area (Å²) in [5.41, 5.74) is 0.277. The van der Waals surface area contributed by atoms with Crippen molar-refractivity contribution in [3.8, 4) is 0 Å². The zero-order valence-corrected chi connectivity index (χ0v) is 14.7. The van der Waals surface area contributed by atoms with E-state index >= 15 is 0 Å². The van der Waals surface area contributed by atoms with Gasteiger partial charge in [-0.1, -0.05) is 0 Å². The van der Waals surface area contributed by atoms with Crippen LogP contribution in [-0.4, -0.2) is 42.1 Å². The number of halogens is 2. The lowest BCUT2D eigenvalue weighted by molar-refractivity contribution is 0.263. The lowest BCUT2D eigenvalue weighted by Gasteiger charge is -2.31. The first-order valence-corrected chi connectivity index (χ1v) is 7.99. The zero-order chi connectivity index (χ0) is 17.7. The third-order valence-electron chi connectivity index (χ3n) is 3.59. The van der Waals surface area contributed by atoms with E-state index in [-0.39, 0.29) is 11.7 Å². The summed E-state index contributed by atoms with van der Waals surface area (Å²) >= 11 is 5.46. The molecule has 1 heterocycles. The summed E-state index contributed by atoms with van der Waals surface area (Å²) in [5, 5.41) is 3.29. The molecule has 0 saturated heterocycles. The normalized spacial score (nSPS) is 12.2. The Kier molecular flexibility index (Phi) is 6.28. The van der Waals surface area contributed by atoms with Crippen LogP contribution in [0.1, 0.15) is 18.7 Å². The molecule has 1 aromatic carbocycles. The Bertz CT molecular complexity index is 656. The number of furan rings is 1. The van der Waals surface area contributed by atoms with Gasteiger partial charge in [-0.05, 0) is 57.5 Å². The van der Waals surface area contributed by atoms with Crippen LogP contribution in [-0.2, 0) is 0 Å². The molecule has 0 amide bonds. The number of rotatable bonds is 6. The number of nitrogens with zero attached hydrogens (tertiary/aromatic N) is 2. The molecule has 0 bridgehead atoms. The van der Waals surface area contributed by atoms with Gasteiger partial charge in [0.25, 0.3) is 0 Å². The van der Waals surface area contributed by atoms with Gasteiger partial charge < -0.3 is 19.5 Å². The maximum Gasteiger partial charge on any atom is 0.174 e. The van der Waals surface area contributed by atoms with E-state index in [1.165, 1.54) is 12.1 Å². The van der Waals surface area contributed by atoms with Gasteiger partial charge in [0.15, 0.2) is 5.11 Å². The van der Waals surface area contributed by atoms with Gasteiger partial charge in [0, 0.05) is 24.8 Å². The highest BCUT2D eigenvalue weighted by atomic mass is 32.1. The first-order valence-electron chi connectivity index (χ1n) is 7.58. The molecule has 1 atom stereocenters. The minimum absolute atomic E-state index is 0.113. The van der Waals surface area contributed by atoms with Gasteiger partial charge in [-0.25, -0.2) is 8.78 Å². The molecule has 1 N–H and O–H groups in total. The topological polar surface area (TPSA) is 31.7 Å². The average molecular weight is 353 g/mol. The lowest BCUT2D eigenvalue weighted by atomic mass is 10.2. The molecule has 0 aliphatic carbocycles. The van der Waals surface area contributed by atoms with Crippen LogP contribution < -0.4 is 5.32 Å². The summed E-state index contributed by atoms with van der Waals surface area (Å²) in [6.07, 6.45) is 1.61. The fraction of sp³-hybridized carbons (Fsp3) is 0.353. The summed E-state index contributed by atoms with van der Waals surface area (Å²) in [5.74, 6) is -0.540. The molecule has 7 heteroatoms. The third kappa shape index (κ3) is 5.01. The molecule has 4 nitrogen and oxygen atoms in total. The molecule has 2 rings (SSSR count). The van der Waals surface area contributed by atoms with E-state index < -0.39 is 11.6 Å². The van der Waals surface area contributed by atoms with Crippen LogP contribution in [0.5, 0.6) is 0 Å². The smallest absolute Gasteiger partial charge is 0.174 e. The molecule has 0 unspecified atom stereocenters. The van der Waals surface area contributed by atoms with E-state index in [0.29, 0.717) is 11.7 Å². The van der Waals surface area contributed by atoms with Crippen molar-refractivity contribution in [3.63, 3.8) is 0 Å². The monoisotopic (exact) mass is 353 g/mol. The van der Waals surface area contributed by atoms with Crippen LogP contribution in [0, 0.1) is 11.6 Å². The summed E-state index contributed by atoms with van der Waals surface area (Å²) < 4.78 is 32.2. The number of hydrogen-bond acceptors (Lipinski definition) is 3. The Balaban J connectivity index is 2.16. The van der Waals surface area contributed by atoms with Gasteiger partial charge in [-0.15, -0.1) is 0 Å². The van der Waals surface area contributed by atoms with Crippen LogP contribution >= 0.6 is 12.2 Å². The second-order valence-electron chi connectivity index (χ2n) is 5.78. The zero-order valence-electron chi connectivity index (χ0n) is 13.9. The molecule has 0 radical (unpaired) electrons. The predicted molar refractivity (Wildman–Crippen MR) is 95.0 cm³/mol. The minimum Gasteiger partial charge on any atom is -0.467 e. The van der Waals surface area contributed by atoms with Crippen molar-refractivity contribution in [1.82, 2.24) is 9.80 Å². The largest absolute Gasteiger partial charge is 0.467 e. The van der Waals surface area contributed by atoms with Gasteiger partial charge in [-0.2, -0.15) is 0 Å². The van der Waals surface area contributed by atoms with E-state index in [1.807, 2.05) is 43.0 Å². The molecule has 0 aliphatic heterocycles. The standard InChI is InChI=1S/C17H21F2N3OS/c1-12(16-5-4-8-23-16)22(7-6-21(2)3)17(24)20-15-10-13(18)9-14(19)11-15/h4-5,8-12H,6-7H2,1-3H3,(H,20,24)/t12-/m0/s1. The Morgan fingerprint density at radius 3 is 2.42 bits per heavy atom. The maximum atomic E-state index is 13.4. The van der Waals surface area contributed by atoms with E-state index in [4.69, 9.17) is 16.6 Å². The summed E-state index contributed by atoms with van der Waals surface area (Å²) in [7, 11) is 3.93. The van der Waals surface area contributed by atoms with E-state index in [9.17, 15) is 8.78 Å². The van der Waals surface area contributed by atoms with Crippen molar-refractivity contribution in [2.24, 2.45) is 0 Å². The molecule has 0 spiro atoms. The van der Waals surface area contributed by atoms with Gasteiger partial charge in [0.1, 0.15) is 17.4 Å². The molecular weight excluding hydrogens is 332 g/mol. The van der Waals surface area contributed by atoms with Crippen molar-refractivity contribution in [1.29, 1.82) is 0 Å². The number of anilines is 1. The average Bonchev–Trinajstić information content (AvgIpc) is 2.99. The van der Waals surface area contributed by atoms with Gasteiger partial charge in [0.05, 0.1) is 12.3 Å². The Hall–Kier alpha value is -1.99. The summed E-state index contributed by atoms with van der Waals surface area (Å²) in [6, 6.07) is 6.81. The summed E-state index contributed by atoms with van der Waals surface area (Å²) in [4.78, 5) is 3.96. The summed E-state index contributed by atoms with van der Waals surface area (Å²) in [6.45, 7) is 3.37. The van der Waals surface area contributed by atoms with Crippen LogP contribution in [0.3, 0.4) is 0 Å². The molecule has 0 saturated carbocycles. The molecule has 24 heavy (non-hydrogen) atoms. The van der Waals surface area contributed by atoms with Gasteiger partial charge in [-0.3, -0.25) is 0 Å². The number of thiocarbonyl (C=S) groups is 1. The second kappa shape index (κ2) is 8.21. The number of likely N-dealkylation sites (N-methyl/N-ethyl adjacent to an activating group) is 1. The van der Waals surface area contributed by atoms with Crippen molar-refractivity contribution in [2.45, 2.75) is 13.0 Å². The van der Waals surface area contributed by atoms with Crippen LogP contribution in [0.4, 0.5) is 14.5 Å². The van der Waals surface area contributed by atoms with Crippen molar-refractivity contribution in [3.05, 3.63) is 54.0 Å². The maximum absolute atomic E-state index is 13.4. The lowest BCUT2D eigenvalue weighted by Crippen LogP contribution is -2.40. The van der Waals surface area contributed by atoms with E-state index in [1.54, 1.807) is 6.26 Å². The fourth-order valence-electron chi connectivity index (χ4n) is 2.28. The highest BCUT2D eigenvalue weighted by molar-refractivity contribution is 7.80. The highest BCUT2D eigenvalue weighted by Gasteiger charge is 2.21.